The quantitative estimate of drug-likeness (QED) is 0.372. The van der Waals surface area contributed by atoms with Crippen LogP contribution < -0.4 is 11.3 Å². The van der Waals surface area contributed by atoms with Crippen LogP contribution in [0.3, 0.4) is 0 Å². The maximum Gasteiger partial charge on any atom is 0.416 e. The van der Waals surface area contributed by atoms with Gasteiger partial charge in [-0.15, -0.1) is 6.58 Å². The number of nitrogens with one attached hydrogen (secondary N) is 1. The molecule has 2 nitrogen and oxygen atoms in total. The van der Waals surface area contributed by atoms with Crippen LogP contribution in [0.1, 0.15) is 23.6 Å². The van der Waals surface area contributed by atoms with Crippen molar-refractivity contribution in [2.45, 2.75) is 18.6 Å². The standard InChI is InChI=1S/C11H12F4N2/c1-2-3-10(17-16)8-6-7(11(13,14)15)4-5-9(8)12/h2,4-6,10,17H,1,3,16H2. The predicted octanol–water partition coefficient (Wildman–Crippen LogP) is 2.93. The first kappa shape index (κ1) is 13.7. The van der Waals surface area contributed by atoms with E-state index < -0.39 is 23.6 Å². The Morgan fingerprint density at radius 2 is 2.06 bits per heavy atom. The van der Waals surface area contributed by atoms with Crippen LogP contribution in [-0.4, -0.2) is 0 Å². The molecule has 6 heteroatoms. The number of rotatable bonds is 4. The van der Waals surface area contributed by atoms with E-state index in [0.717, 1.165) is 12.1 Å². The van der Waals surface area contributed by atoms with Crippen LogP contribution in [0.15, 0.2) is 30.9 Å². The van der Waals surface area contributed by atoms with E-state index in [4.69, 9.17) is 5.84 Å². The minimum Gasteiger partial charge on any atom is -0.271 e. The zero-order valence-electron chi connectivity index (χ0n) is 8.89. The fraction of sp³-hybridized carbons (Fsp3) is 0.273. The molecule has 0 amide bonds. The third kappa shape index (κ3) is 3.28. The summed E-state index contributed by atoms with van der Waals surface area (Å²) in [5.74, 6) is 4.44. The molecule has 0 saturated carbocycles. The van der Waals surface area contributed by atoms with Crippen molar-refractivity contribution in [1.82, 2.24) is 5.43 Å². The average molecular weight is 248 g/mol. The van der Waals surface area contributed by atoms with Crippen LogP contribution in [0, 0.1) is 5.82 Å². The second kappa shape index (κ2) is 5.29. The van der Waals surface area contributed by atoms with Gasteiger partial charge in [-0.05, 0) is 24.6 Å². The van der Waals surface area contributed by atoms with Crippen LogP contribution in [0.25, 0.3) is 0 Å². The number of halogens is 4. The lowest BCUT2D eigenvalue weighted by Gasteiger charge is -2.17. The van der Waals surface area contributed by atoms with Gasteiger partial charge in [0.05, 0.1) is 11.6 Å². The zero-order valence-corrected chi connectivity index (χ0v) is 8.89. The molecule has 1 aromatic carbocycles. The third-order valence-electron chi connectivity index (χ3n) is 2.30. The van der Waals surface area contributed by atoms with Crippen LogP contribution in [0.5, 0.6) is 0 Å². The Morgan fingerprint density at radius 1 is 1.41 bits per heavy atom. The normalized spacial score (nSPS) is 13.5. The van der Waals surface area contributed by atoms with Crippen molar-refractivity contribution in [1.29, 1.82) is 0 Å². The van der Waals surface area contributed by atoms with Gasteiger partial charge < -0.3 is 0 Å². The summed E-state index contributed by atoms with van der Waals surface area (Å²) < 4.78 is 50.8. The van der Waals surface area contributed by atoms with Crippen LogP contribution in [-0.2, 0) is 6.18 Å². The fourth-order valence-electron chi connectivity index (χ4n) is 1.44. The predicted molar refractivity (Wildman–Crippen MR) is 56.3 cm³/mol. The van der Waals surface area contributed by atoms with Crippen LogP contribution in [0.2, 0.25) is 0 Å². The van der Waals surface area contributed by atoms with Gasteiger partial charge in [-0.3, -0.25) is 11.3 Å². The molecule has 0 bridgehead atoms. The summed E-state index contributed by atoms with van der Waals surface area (Å²) in [7, 11) is 0. The SMILES string of the molecule is C=CCC(NN)c1cc(C(F)(F)F)ccc1F. The molecule has 1 aromatic rings. The molecular weight excluding hydrogens is 236 g/mol. The first-order valence-corrected chi connectivity index (χ1v) is 4.83. The minimum absolute atomic E-state index is 0.123. The monoisotopic (exact) mass is 248 g/mol. The number of hydrazine groups is 1. The molecule has 0 heterocycles. The largest absolute Gasteiger partial charge is 0.416 e. The molecule has 0 aliphatic rings. The van der Waals surface area contributed by atoms with E-state index in [2.05, 4.69) is 12.0 Å². The van der Waals surface area contributed by atoms with E-state index in [1.165, 1.54) is 6.08 Å². The van der Waals surface area contributed by atoms with Gasteiger partial charge in [0.25, 0.3) is 0 Å². The molecule has 0 aromatic heterocycles. The fourth-order valence-corrected chi connectivity index (χ4v) is 1.44. The van der Waals surface area contributed by atoms with Crippen molar-refractivity contribution in [3.8, 4) is 0 Å². The molecule has 0 fully saturated rings. The summed E-state index contributed by atoms with van der Waals surface area (Å²) in [4.78, 5) is 0. The first-order valence-electron chi connectivity index (χ1n) is 4.83. The van der Waals surface area contributed by atoms with E-state index in [9.17, 15) is 17.6 Å². The van der Waals surface area contributed by atoms with Crippen molar-refractivity contribution in [2.24, 2.45) is 5.84 Å². The Kier molecular flexibility index (Phi) is 4.25. The van der Waals surface area contributed by atoms with E-state index in [0.29, 0.717) is 6.07 Å². The highest BCUT2D eigenvalue weighted by molar-refractivity contribution is 5.29. The van der Waals surface area contributed by atoms with Crippen molar-refractivity contribution >= 4 is 0 Å². The van der Waals surface area contributed by atoms with E-state index >= 15 is 0 Å². The molecule has 1 rings (SSSR count). The van der Waals surface area contributed by atoms with Gasteiger partial charge in [-0.2, -0.15) is 13.2 Å². The molecule has 0 spiro atoms. The van der Waals surface area contributed by atoms with Gasteiger partial charge in [0.2, 0.25) is 0 Å². The second-order valence-electron chi connectivity index (χ2n) is 3.48. The second-order valence-corrected chi connectivity index (χ2v) is 3.48. The first-order chi connectivity index (χ1) is 7.90. The van der Waals surface area contributed by atoms with Crippen LogP contribution in [0.4, 0.5) is 17.6 Å². The lowest BCUT2D eigenvalue weighted by Crippen LogP contribution is -2.28. The van der Waals surface area contributed by atoms with E-state index in [1.807, 2.05) is 0 Å². The molecule has 1 atom stereocenters. The molecule has 0 saturated heterocycles. The van der Waals surface area contributed by atoms with Crippen LogP contribution >= 0.6 is 0 Å². The number of hydrogen-bond donors (Lipinski definition) is 2. The van der Waals surface area contributed by atoms with Gasteiger partial charge in [-0.1, -0.05) is 6.08 Å². The minimum atomic E-state index is -4.50. The average Bonchev–Trinajstić information content (AvgIpc) is 2.25. The zero-order chi connectivity index (χ0) is 13.1. The highest BCUT2D eigenvalue weighted by Gasteiger charge is 2.31. The van der Waals surface area contributed by atoms with Gasteiger partial charge in [0.1, 0.15) is 5.82 Å². The lowest BCUT2D eigenvalue weighted by atomic mass is 10.0. The Morgan fingerprint density at radius 3 is 2.53 bits per heavy atom. The number of nitrogens with two attached hydrogens (primary N) is 1. The van der Waals surface area contributed by atoms with Gasteiger partial charge in [-0.25, -0.2) is 4.39 Å². The molecule has 0 aliphatic heterocycles. The summed E-state index contributed by atoms with van der Waals surface area (Å²) in [5.41, 5.74) is 1.23. The highest BCUT2D eigenvalue weighted by Crippen LogP contribution is 2.32. The molecule has 0 aliphatic carbocycles. The smallest absolute Gasteiger partial charge is 0.271 e. The van der Waals surface area contributed by atoms with Crippen molar-refractivity contribution < 1.29 is 17.6 Å². The maximum absolute atomic E-state index is 13.4. The van der Waals surface area contributed by atoms with Gasteiger partial charge in [0.15, 0.2) is 0 Å². The molecule has 17 heavy (non-hydrogen) atoms. The van der Waals surface area contributed by atoms with E-state index in [1.54, 1.807) is 0 Å². The van der Waals surface area contributed by atoms with E-state index in [-0.39, 0.29) is 12.0 Å². The Hall–Kier alpha value is -1.40. The third-order valence-corrected chi connectivity index (χ3v) is 2.30. The molecule has 0 radical (unpaired) electrons. The van der Waals surface area contributed by atoms with Crippen molar-refractivity contribution in [3.63, 3.8) is 0 Å². The highest BCUT2D eigenvalue weighted by atomic mass is 19.4. The number of benzene rings is 1. The lowest BCUT2D eigenvalue weighted by molar-refractivity contribution is -0.137. The number of hydrogen-bond acceptors (Lipinski definition) is 2. The molecule has 3 N–H and O–H groups in total. The summed E-state index contributed by atoms with van der Waals surface area (Å²) in [6, 6.07) is 1.50. The van der Waals surface area contributed by atoms with Gasteiger partial charge >= 0.3 is 6.18 Å². The number of alkyl halides is 3. The van der Waals surface area contributed by atoms with Crippen molar-refractivity contribution in [2.75, 3.05) is 0 Å². The Bertz CT molecular complexity index is 401. The Labute approximate surface area is 96.1 Å². The van der Waals surface area contributed by atoms with Gasteiger partial charge in [0, 0.05) is 5.56 Å². The topological polar surface area (TPSA) is 38.0 Å². The summed E-state index contributed by atoms with van der Waals surface area (Å²) in [6.45, 7) is 3.43. The summed E-state index contributed by atoms with van der Waals surface area (Å²) in [5, 5.41) is 0. The summed E-state index contributed by atoms with van der Waals surface area (Å²) in [6.07, 6.45) is -2.82. The molecular formula is C11H12F4N2. The maximum atomic E-state index is 13.4. The Balaban J connectivity index is 3.17. The van der Waals surface area contributed by atoms with Crippen molar-refractivity contribution in [3.05, 3.63) is 47.8 Å². The molecule has 1 unspecified atom stereocenters. The molecule has 94 valence electrons. The summed E-state index contributed by atoms with van der Waals surface area (Å²) >= 11 is 0.